The fourth-order valence-corrected chi connectivity index (χ4v) is 3.64. The van der Waals surface area contributed by atoms with Crippen molar-refractivity contribution in [2.75, 3.05) is 0 Å². The van der Waals surface area contributed by atoms with E-state index in [1.54, 1.807) is 16.9 Å². The zero-order chi connectivity index (χ0) is 19.0. The second kappa shape index (κ2) is 6.53. The summed E-state index contributed by atoms with van der Waals surface area (Å²) in [6, 6.07) is 10.3. The number of nitrogens with zero attached hydrogens (tertiary/aromatic N) is 3. The number of hydrazine groups is 1. The van der Waals surface area contributed by atoms with Crippen molar-refractivity contribution < 1.29 is 14.4 Å². The van der Waals surface area contributed by atoms with Crippen LogP contribution in [0.4, 0.5) is 4.79 Å². The molecule has 140 valence electrons. The van der Waals surface area contributed by atoms with Crippen molar-refractivity contribution in [2.24, 2.45) is 5.92 Å². The van der Waals surface area contributed by atoms with E-state index in [1.165, 1.54) is 0 Å². The lowest BCUT2D eigenvalue weighted by Crippen LogP contribution is -2.51. The van der Waals surface area contributed by atoms with E-state index in [0.717, 1.165) is 23.5 Å². The van der Waals surface area contributed by atoms with Crippen LogP contribution in [-0.2, 0) is 4.79 Å². The number of hydrogen-bond acceptors (Lipinski definition) is 4. The maximum absolute atomic E-state index is 12.8. The molecule has 8 heteroatoms. The van der Waals surface area contributed by atoms with Crippen LogP contribution in [0, 0.1) is 5.92 Å². The van der Waals surface area contributed by atoms with Gasteiger partial charge in [0.15, 0.2) is 5.69 Å². The Labute approximate surface area is 156 Å². The monoisotopic (exact) mass is 367 g/mol. The minimum Gasteiger partial charge on any atom is -0.322 e. The predicted molar refractivity (Wildman–Crippen MR) is 96.8 cm³/mol. The van der Waals surface area contributed by atoms with E-state index < -0.39 is 23.4 Å². The first-order valence-electron chi connectivity index (χ1n) is 9.07. The predicted octanol–water partition coefficient (Wildman–Crippen LogP) is 2.02. The highest BCUT2D eigenvalue weighted by Crippen LogP contribution is 2.35. The topological polar surface area (TPSA) is 96.3 Å². The number of amides is 4. The molecule has 1 spiro atoms. The van der Waals surface area contributed by atoms with Crippen molar-refractivity contribution in [3.63, 3.8) is 0 Å². The Morgan fingerprint density at radius 3 is 2.59 bits per heavy atom. The van der Waals surface area contributed by atoms with Crippen LogP contribution in [0.1, 0.15) is 43.1 Å². The molecule has 0 bridgehead atoms. The smallest absolute Gasteiger partial charge is 0.322 e. The number of aromatic nitrogens is 2. The molecule has 1 aliphatic heterocycles. The average Bonchev–Trinajstić information content (AvgIpc) is 3.25. The van der Waals surface area contributed by atoms with Crippen molar-refractivity contribution in [3.05, 3.63) is 48.3 Å². The van der Waals surface area contributed by atoms with E-state index >= 15 is 0 Å². The highest BCUT2D eigenvalue weighted by molar-refractivity contribution is 6.09. The summed E-state index contributed by atoms with van der Waals surface area (Å²) in [6.45, 7) is 2.14. The van der Waals surface area contributed by atoms with Crippen molar-refractivity contribution in [3.8, 4) is 5.69 Å². The normalized spacial score (nSPS) is 24.9. The second-order valence-corrected chi connectivity index (χ2v) is 7.26. The van der Waals surface area contributed by atoms with Gasteiger partial charge >= 0.3 is 6.03 Å². The van der Waals surface area contributed by atoms with Crippen LogP contribution in [0.25, 0.3) is 5.69 Å². The zero-order valence-electron chi connectivity index (χ0n) is 15.0. The molecule has 0 radical (unpaired) electrons. The summed E-state index contributed by atoms with van der Waals surface area (Å²) < 4.78 is 1.56. The lowest BCUT2D eigenvalue weighted by atomic mass is 9.77. The number of urea groups is 1. The van der Waals surface area contributed by atoms with Gasteiger partial charge in [0.2, 0.25) is 0 Å². The first-order valence-corrected chi connectivity index (χ1v) is 9.07. The fourth-order valence-electron chi connectivity index (χ4n) is 3.64. The number of imide groups is 1. The third kappa shape index (κ3) is 3.07. The standard InChI is InChI=1S/C19H21N5O3/c1-13-7-10-19(11-8-13)17(26)24(18(27)20-19)22-16(25)15-9-12-23(21-15)14-5-3-2-4-6-14/h2-6,9,12-13H,7-8,10-11H2,1H3,(H,20,27)(H,22,25). The van der Waals surface area contributed by atoms with Crippen molar-refractivity contribution >= 4 is 17.8 Å². The molecule has 2 heterocycles. The number of benzene rings is 1. The summed E-state index contributed by atoms with van der Waals surface area (Å²) in [5, 5.41) is 7.79. The van der Waals surface area contributed by atoms with Gasteiger partial charge in [-0.15, -0.1) is 0 Å². The Morgan fingerprint density at radius 2 is 1.89 bits per heavy atom. The van der Waals surface area contributed by atoms with Crippen LogP contribution in [0.15, 0.2) is 42.6 Å². The number of rotatable bonds is 3. The number of para-hydroxylation sites is 1. The van der Waals surface area contributed by atoms with Gasteiger partial charge in [-0.1, -0.05) is 25.1 Å². The molecule has 2 N–H and O–H groups in total. The van der Waals surface area contributed by atoms with Gasteiger partial charge < -0.3 is 5.32 Å². The number of carbonyl (C=O) groups is 3. The lowest BCUT2D eigenvalue weighted by molar-refractivity contribution is -0.134. The molecule has 1 saturated carbocycles. The Kier molecular flexibility index (Phi) is 4.18. The van der Waals surface area contributed by atoms with Gasteiger partial charge in [-0.3, -0.25) is 15.0 Å². The van der Waals surface area contributed by atoms with Gasteiger partial charge in [-0.2, -0.15) is 10.1 Å². The largest absolute Gasteiger partial charge is 0.344 e. The summed E-state index contributed by atoms with van der Waals surface area (Å²) in [5.74, 6) is -0.462. The summed E-state index contributed by atoms with van der Waals surface area (Å²) >= 11 is 0. The van der Waals surface area contributed by atoms with Crippen molar-refractivity contribution in [1.82, 2.24) is 25.5 Å². The minimum atomic E-state index is -0.889. The molecular weight excluding hydrogens is 346 g/mol. The zero-order valence-corrected chi connectivity index (χ0v) is 15.0. The molecule has 0 atom stereocenters. The number of carbonyl (C=O) groups excluding carboxylic acids is 3. The van der Waals surface area contributed by atoms with Crippen LogP contribution >= 0.6 is 0 Å². The van der Waals surface area contributed by atoms with Gasteiger partial charge in [-0.05, 0) is 49.8 Å². The highest BCUT2D eigenvalue weighted by atomic mass is 16.2. The molecule has 1 aromatic heterocycles. The van der Waals surface area contributed by atoms with Gasteiger partial charge in [0.05, 0.1) is 5.69 Å². The Balaban J connectivity index is 1.48. The average molecular weight is 367 g/mol. The summed E-state index contributed by atoms with van der Waals surface area (Å²) in [6.07, 6.45) is 4.58. The number of hydrogen-bond donors (Lipinski definition) is 2. The minimum absolute atomic E-state index is 0.123. The van der Waals surface area contributed by atoms with Gasteiger partial charge in [0.25, 0.3) is 11.8 Å². The van der Waals surface area contributed by atoms with Crippen LogP contribution in [0.3, 0.4) is 0 Å². The fraction of sp³-hybridized carbons (Fsp3) is 0.368. The van der Waals surface area contributed by atoms with Crippen LogP contribution < -0.4 is 10.7 Å². The van der Waals surface area contributed by atoms with E-state index in [9.17, 15) is 14.4 Å². The van der Waals surface area contributed by atoms with E-state index in [4.69, 9.17) is 0 Å². The van der Waals surface area contributed by atoms with Gasteiger partial charge in [0, 0.05) is 6.20 Å². The first-order chi connectivity index (χ1) is 13.0. The lowest BCUT2D eigenvalue weighted by Gasteiger charge is -2.33. The van der Waals surface area contributed by atoms with Gasteiger partial charge in [0.1, 0.15) is 5.54 Å². The maximum atomic E-state index is 12.8. The van der Waals surface area contributed by atoms with E-state index in [-0.39, 0.29) is 5.69 Å². The van der Waals surface area contributed by atoms with Crippen molar-refractivity contribution in [1.29, 1.82) is 0 Å². The Morgan fingerprint density at radius 1 is 1.19 bits per heavy atom. The third-order valence-electron chi connectivity index (χ3n) is 5.35. The number of nitrogens with one attached hydrogen (secondary N) is 2. The highest BCUT2D eigenvalue weighted by Gasteiger charge is 2.53. The molecule has 0 unspecified atom stereocenters. The Bertz CT molecular complexity index is 884. The molecule has 1 aromatic carbocycles. The SMILES string of the molecule is CC1CCC2(CC1)NC(=O)N(NC(=O)c1ccn(-c3ccccc3)n1)C2=O. The van der Waals surface area contributed by atoms with Crippen LogP contribution in [0.2, 0.25) is 0 Å². The second-order valence-electron chi connectivity index (χ2n) is 7.26. The molecule has 2 aliphatic rings. The van der Waals surface area contributed by atoms with E-state index in [0.29, 0.717) is 18.8 Å². The van der Waals surface area contributed by atoms with Crippen LogP contribution in [0.5, 0.6) is 0 Å². The molecule has 8 nitrogen and oxygen atoms in total. The van der Waals surface area contributed by atoms with E-state index in [2.05, 4.69) is 22.8 Å². The summed E-state index contributed by atoms with van der Waals surface area (Å²) in [4.78, 5) is 37.6. The molecule has 1 aliphatic carbocycles. The van der Waals surface area contributed by atoms with Gasteiger partial charge in [-0.25, -0.2) is 9.48 Å². The molecule has 4 rings (SSSR count). The molecule has 27 heavy (non-hydrogen) atoms. The maximum Gasteiger partial charge on any atom is 0.344 e. The molecular formula is C19H21N5O3. The summed E-state index contributed by atoms with van der Waals surface area (Å²) in [5.41, 5.74) is 2.44. The quantitative estimate of drug-likeness (QED) is 0.811. The molecule has 4 amide bonds. The summed E-state index contributed by atoms with van der Waals surface area (Å²) in [7, 11) is 0. The van der Waals surface area contributed by atoms with Crippen molar-refractivity contribution in [2.45, 2.75) is 38.1 Å². The first kappa shape index (κ1) is 17.3. The van der Waals surface area contributed by atoms with Crippen LogP contribution in [-0.4, -0.2) is 38.2 Å². The van der Waals surface area contributed by atoms with E-state index in [1.807, 2.05) is 30.3 Å². The molecule has 2 aromatic rings. The third-order valence-corrected chi connectivity index (χ3v) is 5.35. The Hall–Kier alpha value is -3.16. The molecule has 2 fully saturated rings. The molecule has 1 saturated heterocycles.